The van der Waals surface area contributed by atoms with Crippen molar-refractivity contribution >= 4 is 29.4 Å². The third-order valence-electron chi connectivity index (χ3n) is 6.59. The average molecular weight is 416 g/mol. The topological polar surface area (TPSA) is 92.8 Å². The van der Waals surface area contributed by atoms with Crippen LogP contribution in [0, 0.1) is 35.4 Å². The first-order valence-corrected chi connectivity index (χ1v) is 10.4. The van der Waals surface area contributed by atoms with Crippen LogP contribution in [-0.4, -0.2) is 41.2 Å². The number of carbonyl (C=O) groups excluding carboxylic acids is 4. The number of amides is 3. The van der Waals surface area contributed by atoms with Crippen LogP contribution in [0.5, 0.6) is 0 Å². The number of fused-ring (bicyclic) bond motifs is 5. The average Bonchev–Trinajstić information content (AvgIpc) is 3.38. The van der Waals surface area contributed by atoms with E-state index in [1.807, 2.05) is 0 Å². The second kappa shape index (κ2) is 7.81. The molecule has 5 atom stereocenters. The number of rotatable bonds is 6. The van der Waals surface area contributed by atoms with Crippen molar-refractivity contribution < 1.29 is 28.3 Å². The highest BCUT2D eigenvalue weighted by Crippen LogP contribution is 2.56. The lowest BCUT2D eigenvalue weighted by molar-refractivity contribution is -0.162. The second-order valence-electron chi connectivity index (χ2n) is 8.78. The molecule has 0 radical (unpaired) electrons. The highest BCUT2D eigenvalue weighted by molar-refractivity contribution is 6.08. The zero-order valence-electron chi connectivity index (χ0n) is 17.0. The highest BCUT2D eigenvalue weighted by Gasteiger charge is 2.62. The first-order valence-electron chi connectivity index (χ1n) is 10.4. The summed E-state index contributed by atoms with van der Waals surface area (Å²) in [6, 6.07) is 4.13. The van der Waals surface area contributed by atoms with Gasteiger partial charge in [0.1, 0.15) is 11.9 Å². The molecule has 3 amide bonds. The first-order chi connectivity index (χ1) is 14.3. The van der Waals surface area contributed by atoms with E-state index >= 15 is 0 Å². The maximum atomic E-state index is 13.0. The molecule has 2 aliphatic carbocycles. The normalized spacial score (nSPS) is 28.1. The number of benzene rings is 1. The first kappa shape index (κ1) is 20.5. The molecule has 8 heteroatoms. The van der Waals surface area contributed by atoms with Crippen molar-refractivity contribution in [2.75, 3.05) is 11.9 Å². The number of nitrogens with zero attached hydrogens (tertiary/aromatic N) is 1. The number of hydrogen-bond donors (Lipinski definition) is 1. The molecule has 2 saturated carbocycles. The van der Waals surface area contributed by atoms with Crippen LogP contribution >= 0.6 is 0 Å². The van der Waals surface area contributed by atoms with Crippen LogP contribution in [0.1, 0.15) is 33.1 Å². The fourth-order valence-electron chi connectivity index (χ4n) is 5.33. The van der Waals surface area contributed by atoms with Crippen LogP contribution in [0.3, 0.4) is 0 Å². The Morgan fingerprint density at radius 2 is 1.67 bits per heavy atom. The highest BCUT2D eigenvalue weighted by atomic mass is 19.1. The molecule has 1 aromatic rings. The van der Waals surface area contributed by atoms with Gasteiger partial charge in [-0.1, -0.05) is 13.8 Å². The fraction of sp³-hybridized carbons (Fsp3) is 0.545. The molecule has 0 aromatic heterocycles. The van der Waals surface area contributed by atoms with Crippen molar-refractivity contribution in [2.24, 2.45) is 29.6 Å². The van der Waals surface area contributed by atoms with Crippen molar-refractivity contribution in [3.05, 3.63) is 30.1 Å². The molecule has 30 heavy (non-hydrogen) atoms. The molecule has 2 bridgehead atoms. The van der Waals surface area contributed by atoms with Gasteiger partial charge in [0.15, 0.2) is 6.61 Å². The van der Waals surface area contributed by atoms with Gasteiger partial charge in [0.2, 0.25) is 11.8 Å². The summed E-state index contributed by atoms with van der Waals surface area (Å²) < 4.78 is 18.1. The van der Waals surface area contributed by atoms with E-state index in [9.17, 15) is 23.6 Å². The Labute approximate surface area is 173 Å². The van der Waals surface area contributed by atoms with Gasteiger partial charge in [-0.2, -0.15) is 0 Å². The molecule has 1 N–H and O–H groups in total. The number of imide groups is 1. The summed E-state index contributed by atoms with van der Waals surface area (Å²) in [5.41, 5.74) is 0.367. The van der Waals surface area contributed by atoms with Crippen molar-refractivity contribution in [3.8, 4) is 0 Å². The summed E-state index contributed by atoms with van der Waals surface area (Å²) in [6.07, 6.45) is 2.83. The number of nitrogens with one attached hydrogen (secondary N) is 1. The number of likely N-dealkylation sites (tertiary alicyclic amines) is 1. The number of ether oxygens (including phenoxy) is 1. The van der Waals surface area contributed by atoms with E-state index in [4.69, 9.17) is 4.74 Å². The van der Waals surface area contributed by atoms with Gasteiger partial charge in [-0.05, 0) is 61.3 Å². The number of esters is 1. The molecule has 1 saturated heterocycles. The van der Waals surface area contributed by atoms with E-state index in [1.54, 1.807) is 13.8 Å². The van der Waals surface area contributed by atoms with Crippen LogP contribution in [0.4, 0.5) is 10.1 Å². The van der Waals surface area contributed by atoms with Crippen molar-refractivity contribution in [1.82, 2.24) is 4.90 Å². The smallest absolute Gasteiger partial charge is 0.330 e. The summed E-state index contributed by atoms with van der Waals surface area (Å²) in [4.78, 5) is 52.0. The Kier molecular flexibility index (Phi) is 5.34. The fourth-order valence-corrected chi connectivity index (χ4v) is 5.33. The molecule has 3 aliphatic rings. The molecule has 0 spiro atoms. The zero-order chi connectivity index (χ0) is 21.6. The summed E-state index contributed by atoms with van der Waals surface area (Å²) in [7, 11) is 0. The standard InChI is InChI=1S/C22H25FN2O5/c1-11(2)19(22(29)30-10-16(26)24-15-7-5-14(23)6-8-15)25-20(27)17-12-3-4-13(9-12)18(17)21(25)28/h5-8,11-13,17-19H,3-4,9-10H2,1-2H3,(H,24,26)/t12-,13-,17-,18+,19-/m0/s1. The van der Waals surface area contributed by atoms with Crippen LogP contribution in [-0.2, 0) is 23.9 Å². The summed E-state index contributed by atoms with van der Waals surface area (Å²) in [5.74, 6) is -2.86. The Balaban J connectivity index is 1.41. The lowest BCUT2D eigenvalue weighted by atomic mass is 9.81. The van der Waals surface area contributed by atoms with E-state index in [-0.39, 0.29) is 41.4 Å². The lowest BCUT2D eigenvalue weighted by Gasteiger charge is -2.28. The quantitative estimate of drug-likeness (QED) is 0.568. The number of anilines is 1. The lowest BCUT2D eigenvalue weighted by Crippen LogP contribution is -2.50. The summed E-state index contributed by atoms with van der Waals surface area (Å²) in [6.45, 7) is 2.93. The molecule has 4 rings (SSSR count). The predicted molar refractivity (Wildman–Crippen MR) is 104 cm³/mol. The van der Waals surface area contributed by atoms with Gasteiger partial charge in [-0.15, -0.1) is 0 Å². The van der Waals surface area contributed by atoms with Gasteiger partial charge >= 0.3 is 5.97 Å². The van der Waals surface area contributed by atoms with Crippen LogP contribution < -0.4 is 5.32 Å². The molecule has 1 heterocycles. The van der Waals surface area contributed by atoms with Crippen LogP contribution in [0.2, 0.25) is 0 Å². The van der Waals surface area contributed by atoms with Gasteiger partial charge in [-0.3, -0.25) is 19.3 Å². The maximum absolute atomic E-state index is 13.0. The second-order valence-corrected chi connectivity index (χ2v) is 8.78. The van der Waals surface area contributed by atoms with E-state index in [1.165, 1.54) is 24.3 Å². The molecule has 0 unspecified atom stereocenters. The van der Waals surface area contributed by atoms with E-state index in [0.29, 0.717) is 5.69 Å². The van der Waals surface area contributed by atoms with Gasteiger partial charge in [-0.25, -0.2) is 9.18 Å². The minimum absolute atomic E-state index is 0.228. The minimum atomic E-state index is -1.05. The van der Waals surface area contributed by atoms with Crippen molar-refractivity contribution in [1.29, 1.82) is 0 Å². The molecule has 1 aromatic carbocycles. The SMILES string of the molecule is CC(C)[C@@H](C(=O)OCC(=O)Nc1ccc(F)cc1)N1C(=O)[C@@H]2[C@H]3CC[C@@H](C3)[C@@H]2C1=O. The van der Waals surface area contributed by atoms with E-state index in [2.05, 4.69) is 5.32 Å². The Bertz CT molecular complexity index is 856. The molecule has 1 aliphatic heterocycles. The minimum Gasteiger partial charge on any atom is -0.454 e. The predicted octanol–water partition coefficient (Wildman–Crippen LogP) is 2.36. The third kappa shape index (κ3) is 3.48. The monoisotopic (exact) mass is 416 g/mol. The number of halogens is 1. The summed E-state index contributed by atoms with van der Waals surface area (Å²) >= 11 is 0. The maximum Gasteiger partial charge on any atom is 0.330 e. The molecule has 3 fully saturated rings. The van der Waals surface area contributed by atoms with Gasteiger partial charge < -0.3 is 10.1 Å². The van der Waals surface area contributed by atoms with Gasteiger partial charge in [0, 0.05) is 5.69 Å². The Hall–Kier alpha value is -2.77. The number of hydrogen-bond acceptors (Lipinski definition) is 5. The van der Waals surface area contributed by atoms with Gasteiger partial charge in [0.25, 0.3) is 5.91 Å². The molecule has 7 nitrogen and oxygen atoms in total. The molecule has 160 valence electrons. The van der Waals surface area contributed by atoms with Crippen LogP contribution in [0.15, 0.2) is 24.3 Å². The van der Waals surface area contributed by atoms with Crippen molar-refractivity contribution in [2.45, 2.75) is 39.2 Å². The number of carbonyl (C=O) groups is 4. The largest absolute Gasteiger partial charge is 0.454 e. The van der Waals surface area contributed by atoms with E-state index in [0.717, 1.165) is 24.2 Å². The third-order valence-corrected chi connectivity index (χ3v) is 6.59. The zero-order valence-corrected chi connectivity index (χ0v) is 17.0. The van der Waals surface area contributed by atoms with Crippen LogP contribution in [0.25, 0.3) is 0 Å². The van der Waals surface area contributed by atoms with E-state index < -0.39 is 30.3 Å². The van der Waals surface area contributed by atoms with Crippen molar-refractivity contribution in [3.63, 3.8) is 0 Å². The molecular weight excluding hydrogens is 391 g/mol. The molecular formula is C22H25FN2O5. The Morgan fingerprint density at radius 1 is 1.10 bits per heavy atom. The van der Waals surface area contributed by atoms with Gasteiger partial charge in [0.05, 0.1) is 11.8 Å². The Morgan fingerprint density at radius 3 is 2.20 bits per heavy atom. The summed E-state index contributed by atoms with van der Waals surface area (Å²) in [5, 5.41) is 2.50.